The third-order valence-electron chi connectivity index (χ3n) is 4.48. The maximum absolute atomic E-state index is 13.1. The van der Waals surface area contributed by atoms with Crippen molar-refractivity contribution in [1.29, 1.82) is 0 Å². The van der Waals surface area contributed by atoms with Gasteiger partial charge in [0.15, 0.2) is 12.3 Å². The van der Waals surface area contributed by atoms with Gasteiger partial charge in [0.05, 0.1) is 12.5 Å². The van der Waals surface area contributed by atoms with Crippen molar-refractivity contribution in [2.45, 2.75) is 26.7 Å². The van der Waals surface area contributed by atoms with Gasteiger partial charge in [-0.15, -0.1) is 0 Å². The lowest BCUT2D eigenvalue weighted by atomic mass is 9.98. The van der Waals surface area contributed by atoms with E-state index < -0.39 is 18.5 Å². The summed E-state index contributed by atoms with van der Waals surface area (Å²) in [5, 5.41) is 2.83. The number of esters is 1. The van der Waals surface area contributed by atoms with Crippen molar-refractivity contribution in [2.24, 2.45) is 0 Å². The van der Waals surface area contributed by atoms with Gasteiger partial charge in [-0.3, -0.25) is 9.36 Å². The molecular formula is C22H22FN3O3. The normalized spacial score (nSPS) is 10.8. The molecule has 0 aliphatic carbocycles. The van der Waals surface area contributed by atoms with E-state index in [1.165, 1.54) is 41.4 Å². The number of nitrogens with zero attached hydrogens (tertiary/aromatic N) is 2. The lowest BCUT2D eigenvalue weighted by Gasteiger charge is -2.16. The van der Waals surface area contributed by atoms with Crippen molar-refractivity contribution in [3.8, 4) is 5.69 Å². The minimum absolute atomic E-state index is 0.142. The summed E-state index contributed by atoms with van der Waals surface area (Å²) in [7, 11) is 0. The molecule has 0 atom stereocenters. The molecule has 7 heteroatoms. The van der Waals surface area contributed by atoms with E-state index in [1.807, 2.05) is 39.0 Å². The Morgan fingerprint density at radius 1 is 1.17 bits per heavy atom. The number of rotatable bonds is 6. The molecule has 1 aromatic heterocycles. The molecule has 0 unspecified atom stereocenters. The zero-order valence-electron chi connectivity index (χ0n) is 16.5. The Bertz CT molecular complexity index is 1030. The molecule has 3 rings (SSSR count). The summed E-state index contributed by atoms with van der Waals surface area (Å²) >= 11 is 0. The molecule has 0 saturated heterocycles. The number of aryl methyl sites for hydroxylation is 1. The Morgan fingerprint density at radius 2 is 1.90 bits per heavy atom. The van der Waals surface area contributed by atoms with Gasteiger partial charge in [-0.2, -0.15) is 0 Å². The number of aromatic nitrogens is 2. The number of halogens is 1. The van der Waals surface area contributed by atoms with Gasteiger partial charge in [-0.25, -0.2) is 14.2 Å². The molecule has 29 heavy (non-hydrogen) atoms. The predicted molar refractivity (Wildman–Crippen MR) is 108 cm³/mol. The van der Waals surface area contributed by atoms with E-state index in [-0.39, 0.29) is 17.4 Å². The molecule has 1 heterocycles. The minimum atomic E-state index is -0.698. The highest BCUT2D eigenvalue weighted by atomic mass is 19.1. The topological polar surface area (TPSA) is 73.2 Å². The summed E-state index contributed by atoms with van der Waals surface area (Å²) < 4.78 is 19.8. The molecule has 0 spiro atoms. The molecule has 0 saturated carbocycles. The highest BCUT2D eigenvalue weighted by molar-refractivity contribution is 5.96. The number of carbonyl (C=O) groups excluding carboxylic acids is 2. The zero-order chi connectivity index (χ0) is 21.0. The molecule has 2 aromatic carbocycles. The second-order valence-corrected chi connectivity index (χ2v) is 6.94. The lowest BCUT2D eigenvalue weighted by molar-refractivity contribution is -0.119. The molecular weight excluding hydrogens is 373 g/mol. The van der Waals surface area contributed by atoms with Gasteiger partial charge in [-0.1, -0.05) is 32.0 Å². The number of hydrogen-bond donors (Lipinski definition) is 1. The highest BCUT2D eigenvalue weighted by Crippen LogP contribution is 2.27. The van der Waals surface area contributed by atoms with E-state index in [0.29, 0.717) is 5.69 Å². The maximum Gasteiger partial charge on any atom is 0.357 e. The van der Waals surface area contributed by atoms with Crippen LogP contribution in [0.1, 0.15) is 41.4 Å². The van der Waals surface area contributed by atoms with E-state index in [0.717, 1.165) is 16.8 Å². The summed E-state index contributed by atoms with van der Waals surface area (Å²) in [6.45, 7) is 5.57. The predicted octanol–water partition coefficient (Wildman–Crippen LogP) is 4.24. The number of imidazole rings is 1. The highest BCUT2D eigenvalue weighted by Gasteiger charge is 2.17. The van der Waals surface area contributed by atoms with Crippen LogP contribution in [0.5, 0.6) is 0 Å². The number of ether oxygens (including phenoxy) is 1. The van der Waals surface area contributed by atoms with Crippen molar-refractivity contribution in [2.75, 3.05) is 11.9 Å². The van der Waals surface area contributed by atoms with Crippen LogP contribution in [0.15, 0.2) is 55.0 Å². The average Bonchev–Trinajstić information content (AvgIpc) is 3.18. The molecule has 1 amide bonds. The van der Waals surface area contributed by atoms with Crippen LogP contribution in [0, 0.1) is 12.7 Å². The first-order valence-corrected chi connectivity index (χ1v) is 9.21. The Morgan fingerprint density at radius 3 is 2.59 bits per heavy atom. The number of carbonyl (C=O) groups is 2. The molecule has 0 radical (unpaired) electrons. The van der Waals surface area contributed by atoms with Gasteiger partial charge in [0.2, 0.25) is 0 Å². The van der Waals surface area contributed by atoms with Crippen LogP contribution in [0.25, 0.3) is 5.69 Å². The standard InChI is InChI=1S/C22H22FN3O3/c1-14(2)18-6-4-5-15(3)21(18)25-20(27)12-29-22(28)19-11-24-13-26(19)17-9-7-16(23)8-10-17/h4-11,13-14H,12H2,1-3H3,(H,25,27). The molecule has 0 aliphatic heterocycles. The Hall–Kier alpha value is -3.48. The molecule has 6 nitrogen and oxygen atoms in total. The van der Waals surface area contributed by atoms with Crippen LogP contribution in [0.4, 0.5) is 10.1 Å². The van der Waals surface area contributed by atoms with Crippen molar-refractivity contribution in [1.82, 2.24) is 9.55 Å². The molecule has 0 bridgehead atoms. The van der Waals surface area contributed by atoms with Gasteiger partial charge in [0, 0.05) is 11.4 Å². The number of hydrogen-bond acceptors (Lipinski definition) is 4. The van der Waals surface area contributed by atoms with Crippen LogP contribution in [0.3, 0.4) is 0 Å². The lowest BCUT2D eigenvalue weighted by Crippen LogP contribution is -2.23. The quantitative estimate of drug-likeness (QED) is 0.634. The number of anilines is 1. The molecule has 150 valence electrons. The van der Waals surface area contributed by atoms with E-state index in [2.05, 4.69) is 10.3 Å². The van der Waals surface area contributed by atoms with Crippen molar-refractivity contribution in [3.63, 3.8) is 0 Å². The van der Waals surface area contributed by atoms with Crippen LogP contribution in [-0.2, 0) is 9.53 Å². The molecule has 1 N–H and O–H groups in total. The Labute approximate surface area is 168 Å². The van der Waals surface area contributed by atoms with Gasteiger partial charge in [-0.05, 0) is 48.2 Å². The van der Waals surface area contributed by atoms with E-state index in [4.69, 9.17) is 4.74 Å². The third-order valence-corrected chi connectivity index (χ3v) is 4.48. The fourth-order valence-corrected chi connectivity index (χ4v) is 2.98. The van der Waals surface area contributed by atoms with Crippen LogP contribution in [0.2, 0.25) is 0 Å². The maximum atomic E-state index is 13.1. The summed E-state index contributed by atoms with van der Waals surface area (Å²) in [6.07, 6.45) is 2.76. The van der Waals surface area contributed by atoms with Crippen molar-refractivity contribution < 1.29 is 18.7 Å². The number of benzene rings is 2. The fraction of sp³-hybridized carbons (Fsp3) is 0.227. The second kappa shape index (κ2) is 8.68. The van der Waals surface area contributed by atoms with E-state index in [9.17, 15) is 14.0 Å². The molecule has 0 fully saturated rings. The smallest absolute Gasteiger partial charge is 0.357 e. The summed E-state index contributed by atoms with van der Waals surface area (Å²) in [5.41, 5.74) is 3.38. The number of amides is 1. The van der Waals surface area contributed by atoms with Gasteiger partial charge in [0.25, 0.3) is 5.91 Å². The van der Waals surface area contributed by atoms with Crippen molar-refractivity contribution in [3.05, 3.63) is 77.6 Å². The third kappa shape index (κ3) is 4.68. The second-order valence-electron chi connectivity index (χ2n) is 6.94. The monoisotopic (exact) mass is 395 g/mol. The largest absolute Gasteiger partial charge is 0.451 e. The zero-order valence-corrected chi connectivity index (χ0v) is 16.5. The van der Waals surface area contributed by atoms with Gasteiger partial charge >= 0.3 is 5.97 Å². The van der Waals surface area contributed by atoms with E-state index >= 15 is 0 Å². The van der Waals surface area contributed by atoms with Crippen LogP contribution >= 0.6 is 0 Å². The first-order chi connectivity index (χ1) is 13.9. The van der Waals surface area contributed by atoms with Gasteiger partial charge < -0.3 is 10.1 Å². The average molecular weight is 395 g/mol. The fourth-order valence-electron chi connectivity index (χ4n) is 2.98. The Balaban J connectivity index is 1.67. The number of nitrogens with one attached hydrogen (secondary N) is 1. The van der Waals surface area contributed by atoms with E-state index in [1.54, 1.807) is 0 Å². The van der Waals surface area contributed by atoms with Crippen LogP contribution < -0.4 is 5.32 Å². The SMILES string of the molecule is Cc1cccc(C(C)C)c1NC(=O)COC(=O)c1cncn1-c1ccc(F)cc1. The minimum Gasteiger partial charge on any atom is -0.451 e. The number of para-hydroxylation sites is 1. The van der Waals surface area contributed by atoms with Gasteiger partial charge in [0.1, 0.15) is 5.82 Å². The first kappa shape index (κ1) is 20.3. The Kier molecular flexibility index (Phi) is 6.07. The first-order valence-electron chi connectivity index (χ1n) is 9.21. The summed E-state index contributed by atoms with van der Waals surface area (Å²) in [5.74, 6) is -1.28. The molecule has 3 aromatic rings. The molecule has 0 aliphatic rings. The summed E-state index contributed by atoms with van der Waals surface area (Å²) in [4.78, 5) is 28.7. The summed E-state index contributed by atoms with van der Waals surface area (Å²) in [6, 6.07) is 11.4. The van der Waals surface area contributed by atoms with Crippen LogP contribution in [-0.4, -0.2) is 28.0 Å². The van der Waals surface area contributed by atoms with Crippen molar-refractivity contribution >= 4 is 17.6 Å².